The van der Waals surface area contributed by atoms with Crippen molar-refractivity contribution in [2.45, 2.75) is 6.42 Å². The maximum absolute atomic E-state index is 12.6. The smallest absolute Gasteiger partial charge is 0.251 e. The molecule has 0 atom stereocenters. The van der Waals surface area contributed by atoms with Gasteiger partial charge in [-0.25, -0.2) is 9.97 Å². The number of hydrogen-bond acceptors (Lipinski definition) is 5. The van der Waals surface area contributed by atoms with Gasteiger partial charge in [-0.3, -0.25) is 9.59 Å². The van der Waals surface area contributed by atoms with Gasteiger partial charge >= 0.3 is 0 Å². The Morgan fingerprint density at radius 1 is 1.07 bits per heavy atom. The van der Waals surface area contributed by atoms with E-state index in [0.29, 0.717) is 30.1 Å². The van der Waals surface area contributed by atoms with Crippen molar-refractivity contribution in [1.29, 1.82) is 0 Å². The van der Waals surface area contributed by atoms with Crippen molar-refractivity contribution < 1.29 is 9.53 Å². The number of rotatable bonds is 6. The molecule has 2 heterocycles. The van der Waals surface area contributed by atoms with E-state index in [-0.39, 0.29) is 11.5 Å². The van der Waals surface area contributed by atoms with Gasteiger partial charge in [0.15, 0.2) is 0 Å². The van der Waals surface area contributed by atoms with Crippen LogP contribution in [0.3, 0.4) is 0 Å². The highest BCUT2D eigenvalue weighted by Gasteiger charge is 2.12. The molecule has 2 N–H and O–H groups in total. The van der Waals surface area contributed by atoms with E-state index in [1.165, 1.54) is 12.4 Å². The molecule has 4 rings (SSSR count). The molecule has 2 aromatic carbocycles. The molecule has 2 aromatic heterocycles. The van der Waals surface area contributed by atoms with E-state index in [1.807, 2.05) is 42.5 Å². The zero-order valence-electron chi connectivity index (χ0n) is 16.4. The first-order valence-electron chi connectivity index (χ1n) is 9.49. The number of hydrogen-bond donors (Lipinski definition) is 2. The van der Waals surface area contributed by atoms with Crippen molar-refractivity contribution in [2.24, 2.45) is 0 Å². The Bertz CT molecular complexity index is 1270. The highest BCUT2D eigenvalue weighted by atomic mass is 16.5. The Morgan fingerprint density at radius 2 is 1.93 bits per heavy atom. The monoisotopic (exact) mass is 400 g/mol. The Morgan fingerprint density at radius 3 is 2.77 bits per heavy atom. The third kappa shape index (κ3) is 4.05. The number of ether oxygens (including phenoxy) is 1. The zero-order chi connectivity index (χ0) is 20.9. The normalized spacial score (nSPS) is 10.7. The van der Waals surface area contributed by atoms with Crippen molar-refractivity contribution in [1.82, 2.24) is 20.3 Å². The van der Waals surface area contributed by atoms with Crippen molar-refractivity contribution in [2.75, 3.05) is 13.7 Å². The minimum Gasteiger partial charge on any atom is -0.481 e. The minimum absolute atomic E-state index is 0.175. The Kier molecular flexibility index (Phi) is 5.52. The van der Waals surface area contributed by atoms with Gasteiger partial charge in [0.2, 0.25) is 5.88 Å². The van der Waals surface area contributed by atoms with Crippen LogP contribution in [-0.4, -0.2) is 34.5 Å². The molecule has 0 spiro atoms. The molecular formula is C23H20N4O3. The van der Waals surface area contributed by atoms with Crippen LogP contribution in [0.1, 0.15) is 16.1 Å². The summed E-state index contributed by atoms with van der Waals surface area (Å²) in [5.74, 6) is 0.381. The number of aromatic nitrogens is 3. The first kappa shape index (κ1) is 19.3. The van der Waals surface area contributed by atoms with Crippen LogP contribution in [0.15, 0.2) is 71.9 Å². The highest BCUT2D eigenvalue weighted by Crippen LogP contribution is 2.33. The largest absolute Gasteiger partial charge is 0.481 e. The predicted octanol–water partition coefficient (Wildman–Crippen LogP) is 2.97. The SMILES string of the molecule is COc1ncccc1-c1cccc2cc(C(=O)NCCc3cc(=O)[nH]cn3)ccc12. The molecule has 0 radical (unpaired) electrons. The van der Waals surface area contributed by atoms with Crippen molar-refractivity contribution in [3.63, 3.8) is 0 Å². The predicted molar refractivity (Wildman–Crippen MR) is 115 cm³/mol. The lowest BCUT2D eigenvalue weighted by Gasteiger charge is -2.11. The highest BCUT2D eigenvalue weighted by molar-refractivity contribution is 6.03. The molecule has 1 amide bonds. The van der Waals surface area contributed by atoms with E-state index in [0.717, 1.165) is 21.9 Å². The molecule has 0 saturated heterocycles. The molecule has 30 heavy (non-hydrogen) atoms. The summed E-state index contributed by atoms with van der Waals surface area (Å²) >= 11 is 0. The van der Waals surface area contributed by atoms with Gasteiger partial charge in [-0.15, -0.1) is 0 Å². The van der Waals surface area contributed by atoms with Crippen LogP contribution in [-0.2, 0) is 6.42 Å². The van der Waals surface area contributed by atoms with Gasteiger partial charge in [0.05, 0.1) is 13.4 Å². The summed E-state index contributed by atoms with van der Waals surface area (Å²) in [6.45, 7) is 0.389. The van der Waals surface area contributed by atoms with E-state index in [4.69, 9.17) is 4.74 Å². The maximum atomic E-state index is 12.6. The fraction of sp³-hybridized carbons (Fsp3) is 0.130. The van der Waals surface area contributed by atoms with Gasteiger partial charge in [-0.05, 0) is 40.6 Å². The molecule has 4 aromatic rings. The van der Waals surface area contributed by atoms with E-state index >= 15 is 0 Å². The van der Waals surface area contributed by atoms with Gasteiger partial charge in [-0.2, -0.15) is 0 Å². The van der Waals surface area contributed by atoms with Crippen molar-refractivity contribution in [3.05, 3.63) is 88.7 Å². The molecule has 0 aliphatic heterocycles. The number of methoxy groups -OCH3 is 1. The summed E-state index contributed by atoms with van der Waals surface area (Å²) < 4.78 is 5.40. The molecule has 7 nitrogen and oxygen atoms in total. The summed E-state index contributed by atoms with van der Waals surface area (Å²) in [4.78, 5) is 34.7. The van der Waals surface area contributed by atoms with Crippen LogP contribution in [0, 0.1) is 0 Å². The van der Waals surface area contributed by atoms with Gasteiger partial charge in [0, 0.05) is 42.0 Å². The van der Waals surface area contributed by atoms with Crippen LogP contribution in [0.25, 0.3) is 21.9 Å². The number of benzene rings is 2. The second-order valence-electron chi connectivity index (χ2n) is 6.71. The molecule has 0 saturated carbocycles. The summed E-state index contributed by atoms with van der Waals surface area (Å²) in [6.07, 6.45) is 3.53. The molecule has 0 unspecified atom stereocenters. The summed E-state index contributed by atoms with van der Waals surface area (Å²) in [5, 5.41) is 4.83. The average Bonchev–Trinajstić information content (AvgIpc) is 2.78. The number of fused-ring (bicyclic) bond motifs is 1. The molecule has 0 fully saturated rings. The number of nitrogens with zero attached hydrogens (tertiary/aromatic N) is 2. The molecule has 0 bridgehead atoms. The Labute approximate surface area is 172 Å². The standard InChI is InChI=1S/C23H20N4O3/c1-30-23-20(6-3-10-25-23)19-5-2-4-15-12-16(7-8-18(15)19)22(29)24-11-9-17-13-21(28)27-14-26-17/h2-8,10,12-14H,9,11H2,1H3,(H,24,29)(H,26,27,28). The first-order valence-corrected chi connectivity index (χ1v) is 9.49. The molecule has 0 aliphatic carbocycles. The fourth-order valence-electron chi connectivity index (χ4n) is 3.37. The Hall–Kier alpha value is -4.00. The summed E-state index contributed by atoms with van der Waals surface area (Å²) in [5.41, 5.74) is 2.88. The number of aromatic amines is 1. The van der Waals surface area contributed by atoms with Crippen LogP contribution < -0.4 is 15.6 Å². The van der Waals surface area contributed by atoms with Gasteiger partial charge in [-0.1, -0.05) is 24.3 Å². The minimum atomic E-state index is -0.207. The van der Waals surface area contributed by atoms with Gasteiger partial charge in [0.1, 0.15) is 0 Å². The molecule has 150 valence electrons. The quantitative estimate of drug-likeness (QED) is 0.519. The average molecular weight is 400 g/mol. The topological polar surface area (TPSA) is 97.0 Å². The fourth-order valence-corrected chi connectivity index (χ4v) is 3.37. The number of nitrogens with one attached hydrogen (secondary N) is 2. The van der Waals surface area contributed by atoms with Crippen LogP contribution in [0.5, 0.6) is 5.88 Å². The third-order valence-corrected chi connectivity index (χ3v) is 4.80. The maximum Gasteiger partial charge on any atom is 0.251 e. The molecular weight excluding hydrogens is 380 g/mol. The summed E-state index contributed by atoms with van der Waals surface area (Å²) in [6, 6.07) is 16.8. The Balaban J connectivity index is 1.55. The van der Waals surface area contributed by atoms with E-state index in [2.05, 4.69) is 20.3 Å². The second-order valence-corrected chi connectivity index (χ2v) is 6.71. The van der Waals surface area contributed by atoms with Gasteiger partial charge in [0.25, 0.3) is 11.5 Å². The van der Waals surface area contributed by atoms with Crippen molar-refractivity contribution >= 4 is 16.7 Å². The van der Waals surface area contributed by atoms with E-state index < -0.39 is 0 Å². The zero-order valence-corrected chi connectivity index (χ0v) is 16.4. The van der Waals surface area contributed by atoms with E-state index in [9.17, 15) is 9.59 Å². The molecule has 7 heteroatoms. The van der Waals surface area contributed by atoms with Crippen molar-refractivity contribution in [3.8, 4) is 17.0 Å². The lowest BCUT2D eigenvalue weighted by Crippen LogP contribution is -2.26. The number of H-pyrrole nitrogens is 1. The number of pyridine rings is 1. The van der Waals surface area contributed by atoms with Crippen LogP contribution in [0.4, 0.5) is 0 Å². The van der Waals surface area contributed by atoms with Gasteiger partial charge < -0.3 is 15.0 Å². The van der Waals surface area contributed by atoms with E-state index in [1.54, 1.807) is 19.4 Å². The third-order valence-electron chi connectivity index (χ3n) is 4.80. The number of carbonyl (C=O) groups is 1. The van der Waals surface area contributed by atoms with Crippen LogP contribution >= 0.6 is 0 Å². The lowest BCUT2D eigenvalue weighted by atomic mass is 9.97. The summed E-state index contributed by atoms with van der Waals surface area (Å²) in [7, 11) is 1.60. The first-order chi connectivity index (χ1) is 14.7. The second kappa shape index (κ2) is 8.57. The number of amides is 1. The number of carbonyl (C=O) groups excluding carboxylic acids is 1. The molecule has 0 aliphatic rings. The van der Waals surface area contributed by atoms with Crippen LogP contribution in [0.2, 0.25) is 0 Å². The lowest BCUT2D eigenvalue weighted by molar-refractivity contribution is 0.0954.